The Morgan fingerprint density at radius 2 is 1.88 bits per heavy atom. The quantitative estimate of drug-likeness (QED) is 0.609. The second kappa shape index (κ2) is 4.75. The Labute approximate surface area is 106 Å². The maximum Gasteiger partial charge on any atom is 0.333 e. The summed E-state index contributed by atoms with van der Waals surface area (Å²) >= 11 is 3.34. The van der Waals surface area contributed by atoms with Crippen LogP contribution >= 0.6 is 15.9 Å². The van der Waals surface area contributed by atoms with Gasteiger partial charge in [0.1, 0.15) is 18.8 Å². The van der Waals surface area contributed by atoms with Crippen molar-refractivity contribution < 1.29 is 19.1 Å². The highest BCUT2D eigenvalue weighted by atomic mass is 79.9. The second-order valence-corrected chi connectivity index (χ2v) is 4.47. The van der Waals surface area contributed by atoms with Gasteiger partial charge in [-0.05, 0) is 12.1 Å². The number of halogens is 1. The predicted octanol–water partition coefficient (Wildman–Crippen LogP) is 1.35. The molecule has 1 aromatic rings. The Bertz CT molecular complexity index is 459. The van der Waals surface area contributed by atoms with E-state index in [1.807, 2.05) is 6.07 Å². The largest absolute Gasteiger partial charge is 0.497 e. The van der Waals surface area contributed by atoms with E-state index in [1.54, 1.807) is 24.1 Å². The maximum atomic E-state index is 11.2. The minimum atomic E-state index is -0.541. The first-order chi connectivity index (χ1) is 8.08. The lowest BCUT2D eigenvalue weighted by atomic mass is 10.2. The molecule has 1 fully saturated rings. The number of hydrogen-bond donors (Lipinski definition) is 0. The van der Waals surface area contributed by atoms with Crippen LogP contribution in [0.3, 0.4) is 0 Å². The Hall–Kier alpha value is -1.56. The van der Waals surface area contributed by atoms with Crippen molar-refractivity contribution >= 4 is 33.6 Å². The molecule has 0 atom stereocenters. The molecule has 2 rings (SSSR count). The van der Waals surface area contributed by atoms with Crippen molar-refractivity contribution in [3.05, 3.63) is 22.7 Å². The zero-order valence-electron chi connectivity index (χ0n) is 9.10. The minimum absolute atomic E-state index is 0.0609. The van der Waals surface area contributed by atoms with Gasteiger partial charge in [-0.25, -0.2) is 9.59 Å². The Morgan fingerprint density at radius 1 is 1.24 bits per heavy atom. The van der Waals surface area contributed by atoms with E-state index in [0.29, 0.717) is 5.75 Å². The first-order valence-corrected chi connectivity index (χ1v) is 5.71. The SMILES string of the molecule is COc1cc(Br)cc(N2CC(=O)OC(=O)C2)c1. The van der Waals surface area contributed by atoms with E-state index in [-0.39, 0.29) is 13.1 Å². The Kier molecular flexibility index (Phi) is 3.33. The molecule has 17 heavy (non-hydrogen) atoms. The summed E-state index contributed by atoms with van der Waals surface area (Å²) < 4.78 is 10.4. The van der Waals surface area contributed by atoms with Crippen molar-refractivity contribution in [1.82, 2.24) is 0 Å². The first kappa shape index (κ1) is 11.9. The molecule has 0 saturated carbocycles. The van der Waals surface area contributed by atoms with Gasteiger partial charge in [-0.15, -0.1) is 0 Å². The van der Waals surface area contributed by atoms with E-state index in [1.165, 1.54) is 0 Å². The molecular formula is C11H10BrNO4. The summed E-state index contributed by atoms with van der Waals surface area (Å²) in [6, 6.07) is 5.37. The van der Waals surface area contributed by atoms with Crippen LogP contribution in [0.15, 0.2) is 22.7 Å². The van der Waals surface area contributed by atoms with Gasteiger partial charge in [0, 0.05) is 16.2 Å². The van der Waals surface area contributed by atoms with Gasteiger partial charge < -0.3 is 14.4 Å². The molecule has 0 spiro atoms. The fourth-order valence-electron chi connectivity index (χ4n) is 1.59. The monoisotopic (exact) mass is 299 g/mol. The van der Waals surface area contributed by atoms with Gasteiger partial charge in [0.2, 0.25) is 0 Å². The molecule has 0 aromatic heterocycles. The highest BCUT2D eigenvalue weighted by Crippen LogP contribution is 2.27. The first-order valence-electron chi connectivity index (χ1n) is 4.91. The van der Waals surface area contributed by atoms with Crippen LogP contribution in [-0.4, -0.2) is 32.1 Å². The highest BCUT2D eigenvalue weighted by molar-refractivity contribution is 9.10. The van der Waals surface area contributed by atoms with Gasteiger partial charge >= 0.3 is 11.9 Å². The van der Waals surface area contributed by atoms with Crippen molar-refractivity contribution in [2.45, 2.75) is 0 Å². The van der Waals surface area contributed by atoms with Gasteiger partial charge in [-0.1, -0.05) is 15.9 Å². The Morgan fingerprint density at radius 3 is 2.47 bits per heavy atom. The fraction of sp³-hybridized carbons (Fsp3) is 0.273. The van der Waals surface area contributed by atoms with Crippen LogP contribution < -0.4 is 9.64 Å². The third kappa shape index (κ3) is 2.76. The van der Waals surface area contributed by atoms with Crippen LogP contribution in [0.5, 0.6) is 5.75 Å². The van der Waals surface area contributed by atoms with E-state index < -0.39 is 11.9 Å². The minimum Gasteiger partial charge on any atom is -0.497 e. The van der Waals surface area contributed by atoms with Crippen LogP contribution in [-0.2, 0) is 14.3 Å². The standard InChI is InChI=1S/C11H10BrNO4/c1-16-9-3-7(12)2-8(4-9)13-5-10(14)17-11(15)6-13/h2-4H,5-6H2,1H3. The molecule has 1 heterocycles. The van der Waals surface area contributed by atoms with Crippen LogP contribution in [0, 0.1) is 0 Å². The lowest BCUT2D eigenvalue weighted by Gasteiger charge is -2.26. The number of rotatable bonds is 2. The van der Waals surface area contributed by atoms with Crippen molar-refractivity contribution in [3.8, 4) is 5.75 Å². The Balaban J connectivity index is 2.29. The summed E-state index contributed by atoms with van der Waals surface area (Å²) in [5.41, 5.74) is 0.737. The number of hydrogen-bond acceptors (Lipinski definition) is 5. The van der Waals surface area contributed by atoms with Crippen LogP contribution in [0.4, 0.5) is 5.69 Å². The smallest absolute Gasteiger partial charge is 0.333 e. The summed E-state index contributed by atoms with van der Waals surface area (Å²) in [6.45, 7) is 0.122. The number of benzene rings is 1. The summed E-state index contributed by atoms with van der Waals surface area (Å²) in [5.74, 6) is -0.429. The van der Waals surface area contributed by atoms with Crippen LogP contribution in [0.2, 0.25) is 0 Å². The summed E-state index contributed by atoms with van der Waals surface area (Å²) in [5, 5.41) is 0. The van der Waals surface area contributed by atoms with Crippen LogP contribution in [0.25, 0.3) is 0 Å². The average molecular weight is 300 g/mol. The number of esters is 2. The number of nitrogens with zero attached hydrogens (tertiary/aromatic N) is 1. The van der Waals surface area contributed by atoms with Gasteiger partial charge in [0.05, 0.1) is 7.11 Å². The number of anilines is 1. The molecule has 1 saturated heterocycles. The molecule has 5 nitrogen and oxygen atoms in total. The van der Waals surface area contributed by atoms with Crippen molar-refractivity contribution in [1.29, 1.82) is 0 Å². The lowest BCUT2D eigenvalue weighted by molar-refractivity contribution is -0.160. The third-order valence-electron chi connectivity index (χ3n) is 2.32. The summed E-state index contributed by atoms with van der Waals surface area (Å²) in [6.07, 6.45) is 0. The normalized spacial score (nSPS) is 15.8. The molecule has 0 aliphatic carbocycles. The zero-order chi connectivity index (χ0) is 12.4. The molecule has 6 heteroatoms. The molecule has 1 aliphatic rings. The average Bonchev–Trinajstić information content (AvgIpc) is 2.26. The van der Waals surface area contributed by atoms with E-state index in [4.69, 9.17) is 4.74 Å². The van der Waals surface area contributed by atoms with Gasteiger partial charge in [-0.3, -0.25) is 0 Å². The summed E-state index contributed by atoms with van der Waals surface area (Å²) in [7, 11) is 1.56. The van der Waals surface area contributed by atoms with E-state index >= 15 is 0 Å². The fourth-order valence-corrected chi connectivity index (χ4v) is 2.05. The third-order valence-corrected chi connectivity index (χ3v) is 2.78. The second-order valence-electron chi connectivity index (χ2n) is 3.55. The summed E-state index contributed by atoms with van der Waals surface area (Å²) in [4.78, 5) is 24.0. The number of ether oxygens (including phenoxy) is 2. The van der Waals surface area contributed by atoms with E-state index in [0.717, 1.165) is 10.2 Å². The molecule has 1 aromatic carbocycles. The molecule has 0 amide bonds. The van der Waals surface area contributed by atoms with Gasteiger partial charge in [0.25, 0.3) is 0 Å². The van der Waals surface area contributed by atoms with Gasteiger partial charge in [-0.2, -0.15) is 0 Å². The van der Waals surface area contributed by atoms with E-state index in [9.17, 15) is 9.59 Å². The maximum absolute atomic E-state index is 11.2. The number of methoxy groups -OCH3 is 1. The van der Waals surface area contributed by atoms with Crippen molar-refractivity contribution in [2.24, 2.45) is 0 Å². The molecule has 0 unspecified atom stereocenters. The van der Waals surface area contributed by atoms with Crippen molar-refractivity contribution in [2.75, 3.05) is 25.1 Å². The molecule has 0 N–H and O–H groups in total. The lowest BCUT2D eigenvalue weighted by Crippen LogP contribution is -2.42. The van der Waals surface area contributed by atoms with Gasteiger partial charge in [0.15, 0.2) is 0 Å². The molecule has 90 valence electrons. The number of cyclic esters (lactones) is 2. The number of morpholine rings is 1. The topological polar surface area (TPSA) is 55.8 Å². The number of carbonyl (C=O) groups excluding carboxylic acids is 2. The molecule has 0 bridgehead atoms. The molecular weight excluding hydrogens is 290 g/mol. The predicted molar refractivity (Wildman–Crippen MR) is 64.0 cm³/mol. The molecule has 1 aliphatic heterocycles. The van der Waals surface area contributed by atoms with Crippen LogP contribution in [0.1, 0.15) is 0 Å². The molecule has 0 radical (unpaired) electrons. The van der Waals surface area contributed by atoms with E-state index in [2.05, 4.69) is 20.7 Å². The highest BCUT2D eigenvalue weighted by Gasteiger charge is 2.25. The zero-order valence-corrected chi connectivity index (χ0v) is 10.7. The number of carbonyl (C=O) groups is 2. The van der Waals surface area contributed by atoms with Crippen molar-refractivity contribution in [3.63, 3.8) is 0 Å².